The van der Waals surface area contributed by atoms with Gasteiger partial charge in [-0.1, -0.05) is 62.4 Å². The van der Waals surface area contributed by atoms with Gasteiger partial charge in [-0.05, 0) is 65.8 Å². The summed E-state index contributed by atoms with van der Waals surface area (Å²) in [6, 6.07) is 25.4. The van der Waals surface area contributed by atoms with Gasteiger partial charge in [-0.2, -0.15) is 0 Å². The second kappa shape index (κ2) is 12.5. The van der Waals surface area contributed by atoms with Crippen molar-refractivity contribution in [3.05, 3.63) is 102 Å². The predicted molar refractivity (Wildman–Crippen MR) is 158 cm³/mol. The van der Waals surface area contributed by atoms with E-state index in [1.165, 1.54) is 12.1 Å². The van der Waals surface area contributed by atoms with Gasteiger partial charge in [0.2, 0.25) is 0 Å². The van der Waals surface area contributed by atoms with Crippen LogP contribution in [0.4, 0.5) is 10.1 Å². The molecule has 6 nitrogen and oxygen atoms in total. The fraction of sp³-hybridized carbons (Fsp3) is 0.294. The lowest BCUT2D eigenvalue weighted by Gasteiger charge is -2.28. The fourth-order valence-electron chi connectivity index (χ4n) is 5.77. The minimum Gasteiger partial charge on any atom is -0.462 e. The number of hydrogen-bond acceptors (Lipinski definition) is 4. The summed E-state index contributed by atoms with van der Waals surface area (Å²) in [5, 5.41) is 12.8. The third-order valence-corrected chi connectivity index (χ3v) is 7.57. The lowest BCUT2D eigenvalue weighted by molar-refractivity contribution is -0.158. The normalized spacial score (nSPS) is 17.0. The molecule has 2 atom stereocenters. The number of halogens is 1. The van der Waals surface area contributed by atoms with E-state index in [9.17, 15) is 19.1 Å². The first-order chi connectivity index (χ1) is 19.9. The van der Waals surface area contributed by atoms with Crippen molar-refractivity contribution in [3.63, 3.8) is 0 Å². The standard InChI is InChI=1S/C34H35FN2O4/c1-22(2)32-31(34(40)36-27-11-7-4-8-12-27)30(24-9-5-3-6-10-24)33(25-13-15-26(35)16-14-25)37(32)18-17-28-19-23(21-38)20-29(39)41-28/h3-16,22-23,28,38H,17-21H2,1-2H3,(H,36,40)/t23?,28-/m1/s1. The van der Waals surface area contributed by atoms with Crippen LogP contribution in [0, 0.1) is 11.7 Å². The number of para-hydroxylation sites is 1. The Kier molecular flexibility index (Phi) is 8.64. The quantitative estimate of drug-likeness (QED) is 0.218. The van der Waals surface area contributed by atoms with Crippen molar-refractivity contribution in [1.29, 1.82) is 0 Å². The van der Waals surface area contributed by atoms with Crippen molar-refractivity contribution >= 4 is 17.6 Å². The second-order valence-electron chi connectivity index (χ2n) is 10.9. The van der Waals surface area contributed by atoms with Crippen molar-refractivity contribution in [3.8, 4) is 22.4 Å². The molecule has 4 aromatic rings. The summed E-state index contributed by atoms with van der Waals surface area (Å²) in [7, 11) is 0. The molecule has 0 spiro atoms. The number of aromatic nitrogens is 1. The van der Waals surface area contributed by atoms with Gasteiger partial charge in [0.1, 0.15) is 11.9 Å². The van der Waals surface area contributed by atoms with E-state index in [2.05, 4.69) is 23.7 Å². The van der Waals surface area contributed by atoms with Crippen LogP contribution in [0.5, 0.6) is 0 Å². The molecule has 2 N–H and O–H groups in total. The number of esters is 1. The molecule has 1 saturated heterocycles. The Bertz CT molecular complexity index is 1500. The largest absolute Gasteiger partial charge is 0.462 e. The minimum absolute atomic E-state index is 0.0396. The maximum atomic E-state index is 14.1. The highest BCUT2D eigenvalue weighted by Crippen LogP contribution is 2.43. The molecule has 1 aromatic heterocycles. The highest BCUT2D eigenvalue weighted by atomic mass is 19.1. The van der Waals surface area contributed by atoms with Gasteiger partial charge in [-0.25, -0.2) is 4.39 Å². The number of ether oxygens (including phenoxy) is 1. The van der Waals surface area contributed by atoms with Crippen LogP contribution in [0.1, 0.15) is 55.1 Å². The van der Waals surface area contributed by atoms with E-state index in [1.807, 2.05) is 60.7 Å². The molecule has 0 radical (unpaired) electrons. The zero-order chi connectivity index (χ0) is 28.9. The Morgan fingerprint density at radius 2 is 1.66 bits per heavy atom. The van der Waals surface area contributed by atoms with Crippen molar-refractivity contribution in [2.75, 3.05) is 11.9 Å². The fourth-order valence-corrected chi connectivity index (χ4v) is 5.77. The van der Waals surface area contributed by atoms with Crippen LogP contribution in [0.15, 0.2) is 84.9 Å². The molecule has 1 amide bonds. The van der Waals surface area contributed by atoms with Crippen molar-refractivity contribution < 1.29 is 23.8 Å². The first kappa shape index (κ1) is 28.3. The molecule has 5 rings (SSSR count). The van der Waals surface area contributed by atoms with E-state index in [0.717, 1.165) is 28.1 Å². The molecule has 0 saturated carbocycles. The van der Waals surface area contributed by atoms with Crippen LogP contribution < -0.4 is 5.32 Å². The number of amides is 1. The molecular formula is C34H35FN2O4. The van der Waals surface area contributed by atoms with Crippen LogP contribution in [-0.4, -0.2) is 34.3 Å². The van der Waals surface area contributed by atoms with E-state index < -0.39 is 0 Å². The number of nitrogens with one attached hydrogen (secondary N) is 1. The number of cyclic esters (lactones) is 1. The number of benzene rings is 3. The molecule has 3 aromatic carbocycles. The molecule has 1 aliphatic rings. The number of nitrogens with zero attached hydrogens (tertiary/aromatic N) is 1. The summed E-state index contributed by atoms with van der Waals surface area (Å²) in [4.78, 5) is 26.4. The molecule has 0 bridgehead atoms. The topological polar surface area (TPSA) is 80.6 Å². The number of aliphatic hydroxyl groups excluding tert-OH is 1. The first-order valence-corrected chi connectivity index (χ1v) is 14.1. The molecule has 1 fully saturated rings. The van der Waals surface area contributed by atoms with Crippen molar-refractivity contribution in [2.24, 2.45) is 5.92 Å². The van der Waals surface area contributed by atoms with E-state index >= 15 is 0 Å². The van der Waals surface area contributed by atoms with Crippen molar-refractivity contribution in [2.45, 2.75) is 51.7 Å². The van der Waals surface area contributed by atoms with E-state index in [4.69, 9.17) is 4.74 Å². The SMILES string of the molecule is CC(C)c1c(C(=O)Nc2ccccc2)c(-c2ccccc2)c(-c2ccc(F)cc2)n1CC[C@@H]1CC(CO)CC(=O)O1. The van der Waals surface area contributed by atoms with Crippen molar-refractivity contribution in [1.82, 2.24) is 4.57 Å². The zero-order valence-corrected chi connectivity index (χ0v) is 23.3. The van der Waals surface area contributed by atoms with E-state index in [-0.39, 0.29) is 48.7 Å². The van der Waals surface area contributed by atoms with Crippen LogP contribution >= 0.6 is 0 Å². The highest BCUT2D eigenvalue weighted by molar-refractivity contribution is 6.12. The second-order valence-corrected chi connectivity index (χ2v) is 10.9. The summed E-state index contributed by atoms with van der Waals surface area (Å²) in [6.07, 6.45) is 0.966. The lowest BCUT2D eigenvalue weighted by Crippen LogP contribution is -2.32. The summed E-state index contributed by atoms with van der Waals surface area (Å²) < 4.78 is 21.9. The van der Waals surface area contributed by atoms with Gasteiger partial charge in [0.25, 0.3) is 5.91 Å². The average molecular weight is 555 g/mol. The van der Waals surface area contributed by atoms with E-state index in [1.54, 1.807) is 12.1 Å². The van der Waals surface area contributed by atoms with Gasteiger partial charge in [-0.15, -0.1) is 0 Å². The average Bonchev–Trinajstić information content (AvgIpc) is 3.33. The maximum Gasteiger partial charge on any atom is 0.306 e. The summed E-state index contributed by atoms with van der Waals surface area (Å²) >= 11 is 0. The predicted octanol–water partition coefficient (Wildman–Crippen LogP) is 7.04. The maximum absolute atomic E-state index is 14.1. The number of carbonyl (C=O) groups is 2. The Balaban J connectivity index is 1.69. The number of anilines is 1. The monoisotopic (exact) mass is 554 g/mol. The molecule has 41 heavy (non-hydrogen) atoms. The van der Waals surface area contributed by atoms with Crippen LogP contribution in [0.25, 0.3) is 22.4 Å². The summed E-state index contributed by atoms with van der Waals surface area (Å²) in [5.74, 6) is -1.04. The molecule has 2 heterocycles. The smallest absolute Gasteiger partial charge is 0.306 e. The molecule has 212 valence electrons. The zero-order valence-electron chi connectivity index (χ0n) is 23.3. The van der Waals surface area contributed by atoms with Crippen LogP contribution in [0.3, 0.4) is 0 Å². The Morgan fingerprint density at radius 3 is 2.29 bits per heavy atom. The Hall–Kier alpha value is -4.23. The van der Waals surface area contributed by atoms with Gasteiger partial charge in [0, 0.05) is 36.5 Å². The summed E-state index contributed by atoms with van der Waals surface area (Å²) in [6.45, 7) is 4.51. The van der Waals surface area contributed by atoms with Gasteiger partial charge >= 0.3 is 5.97 Å². The van der Waals surface area contributed by atoms with Gasteiger partial charge < -0.3 is 19.7 Å². The third-order valence-electron chi connectivity index (χ3n) is 7.57. The van der Waals surface area contributed by atoms with Crippen LogP contribution in [0.2, 0.25) is 0 Å². The highest BCUT2D eigenvalue weighted by Gasteiger charge is 2.32. The molecule has 1 aliphatic heterocycles. The third kappa shape index (κ3) is 6.25. The van der Waals surface area contributed by atoms with Gasteiger partial charge in [-0.3, -0.25) is 9.59 Å². The minimum atomic E-state index is -0.348. The molecule has 7 heteroatoms. The number of rotatable bonds is 9. The van der Waals surface area contributed by atoms with Crippen LogP contribution in [-0.2, 0) is 16.1 Å². The molecular weight excluding hydrogens is 519 g/mol. The number of aliphatic hydroxyl groups is 1. The lowest BCUT2D eigenvalue weighted by atomic mass is 9.94. The molecule has 1 unspecified atom stereocenters. The van der Waals surface area contributed by atoms with Gasteiger partial charge in [0.05, 0.1) is 17.7 Å². The first-order valence-electron chi connectivity index (χ1n) is 14.1. The Labute approximate surface area is 239 Å². The molecule has 0 aliphatic carbocycles. The van der Waals surface area contributed by atoms with E-state index in [0.29, 0.717) is 30.6 Å². The van der Waals surface area contributed by atoms with Gasteiger partial charge in [0.15, 0.2) is 0 Å². The number of carbonyl (C=O) groups excluding carboxylic acids is 2. The number of hydrogen-bond donors (Lipinski definition) is 2. The Morgan fingerprint density at radius 1 is 1.00 bits per heavy atom. The summed E-state index contributed by atoms with van der Waals surface area (Å²) in [5.41, 5.74) is 5.31.